The minimum atomic E-state index is -0.940. The second kappa shape index (κ2) is 8.87. The number of anilines is 1. The number of benzene rings is 2. The summed E-state index contributed by atoms with van der Waals surface area (Å²) in [5.74, 6) is -0.863. The topological polar surface area (TPSA) is 75.7 Å². The van der Waals surface area contributed by atoms with Gasteiger partial charge in [-0.2, -0.15) is 0 Å². The smallest absolute Gasteiger partial charge is 0.248 e. The van der Waals surface area contributed by atoms with Gasteiger partial charge in [0.2, 0.25) is 17.7 Å². The Labute approximate surface area is 209 Å². The van der Waals surface area contributed by atoms with Crippen molar-refractivity contribution >= 4 is 55.3 Å². The van der Waals surface area contributed by atoms with Gasteiger partial charge in [0.15, 0.2) is 0 Å². The van der Waals surface area contributed by atoms with Crippen molar-refractivity contribution in [2.24, 2.45) is 23.7 Å². The van der Waals surface area contributed by atoms with Gasteiger partial charge in [-0.25, -0.2) is 0 Å². The quantitative estimate of drug-likeness (QED) is 0.417. The molecule has 0 aromatic heterocycles. The Morgan fingerprint density at radius 1 is 1.00 bits per heavy atom. The highest BCUT2D eigenvalue weighted by Crippen LogP contribution is 2.60. The van der Waals surface area contributed by atoms with Crippen molar-refractivity contribution in [1.29, 1.82) is 0 Å². The summed E-state index contributed by atoms with van der Waals surface area (Å²) >= 11 is 7.44. The summed E-state index contributed by atoms with van der Waals surface area (Å²) in [5.41, 5.74) is 1.39. The molecule has 3 amide bonds. The van der Waals surface area contributed by atoms with Gasteiger partial charge in [-0.05, 0) is 36.0 Å². The Kier molecular flexibility index (Phi) is 6.07. The monoisotopic (exact) mass is 574 g/mol. The summed E-state index contributed by atoms with van der Waals surface area (Å²) in [7, 11) is 1.53. The number of imide groups is 1. The summed E-state index contributed by atoms with van der Waals surface area (Å²) in [5, 5.41) is 2.89. The molecule has 3 fully saturated rings. The Bertz CT molecular complexity index is 1060. The van der Waals surface area contributed by atoms with Gasteiger partial charge in [0, 0.05) is 16.1 Å². The lowest BCUT2D eigenvalue weighted by Crippen LogP contribution is -2.49. The van der Waals surface area contributed by atoms with Crippen LogP contribution in [0.2, 0.25) is 0 Å². The van der Waals surface area contributed by atoms with Crippen LogP contribution in [0.5, 0.6) is 5.75 Å². The Hall–Kier alpha value is -2.19. The van der Waals surface area contributed by atoms with Crippen molar-refractivity contribution < 1.29 is 19.1 Å². The Morgan fingerprint density at radius 3 is 2.18 bits per heavy atom. The molecule has 172 valence electrons. The second-order valence-corrected chi connectivity index (χ2v) is 11.1. The molecule has 2 bridgehead atoms. The number of halogens is 2. The van der Waals surface area contributed by atoms with Crippen molar-refractivity contribution in [3.8, 4) is 5.75 Å². The number of hydrogen-bond donors (Lipinski definition) is 1. The number of likely N-dealkylation sites (tertiary alicyclic amines) is 1. The van der Waals surface area contributed by atoms with Crippen LogP contribution >= 0.6 is 31.9 Å². The fourth-order valence-electron chi connectivity index (χ4n) is 5.78. The maximum atomic E-state index is 13.6. The number of para-hydroxylation sites is 2. The number of carbonyl (C=O) groups excluding carboxylic acids is 3. The van der Waals surface area contributed by atoms with E-state index in [1.165, 1.54) is 12.0 Å². The van der Waals surface area contributed by atoms with Crippen LogP contribution in [0, 0.1) is 23.7 Å². The fourth-order valence-corrected chi connectivity index (χ4v) is 7.65. The molecule has 0 unspecified atom stereocenters. The van der Waals surface area contributed by atoms with Crippen LogP contribution in [0.15, 0.2) is 54.6 Å². The minimum absolute atomic E-state index is 0.0977. The van der Waals surface area contributed by atoms with Gasteiger partial charge in [0.1, 0.15) is 11.8 Å². The summed E-state index contributed by atoms with van der Waals surface area (Å²) in [6.45, 7) is 0. The minimum Gasteiger partial charge on any atom is -0.495 e. The van der Waals surface area contributed by atoms with Gasteiger partial charge in [-0.3, -0.25) is 19.3 Å². The predicted octanol–water partition coefficient (Wildman–Crippen LogP) is 4.02. The molecule has 8 heteroatoms. The molecular weight excluding hydrogens is 552 g/mol. The zero-order valence-electron chi connectivity index (χ0n) is 18.0. The average molecular weight is 576 g/mol. The van der Waals surface area contributed by atoms with Crippen molar-refractivity contribution in [2.75, 3.05) is 12.4 Å². The maximum Gasteiger partial charge on any atom is 0.248 e. The number of nitrogens with zero attached hydrogens (tertiary/aromatic N) is 1. The van der Waals surface area contributed by atoms with E-state index in [9.17, 15) is 14.4 Å². The number of amides is 3. The van der Waals surface area contributed by atoms with Crippen LogP contribution in [0.1, 0.15) is 12.0 Å². The van der Waals surface area contributed by atoms with E-state index in [1.807, 2.05) is 36.4 Å². The molecule has 3 aliphatic rings. The van der Waals surface area contributed by atoms with Crippen molar-refractivity contribution in [2.45, 2.75) is 28.5 Å². The number of alkyl halides is 2. The van der Waals surface area contributed by atoms with Crippen molar-refractivity contribution in [3.63, 3.8) is 0 Å². The van der Waals surface area contributed by atoms with Crippen molar-refractivity contribution in [1.82, 2.24) is 4.90 Å². The first-order valence-corrected chi connectivity index (χ1v) is 12.9. The van der Waals surface area contributed by atoms with Gasteiger partial charge in [-0.1, -0.05) is 74.3 Å². The van der Waals surface area contributed by atoms with Gasteiger partial charge >= 0.3 is 0 Å². The summed E-state index contributed by atoms with van der Waals surface area (Å²) in [6, 6.07) is 15.6. The number of hydrogen-bond acceptors (Lipinski definition) is 4. The predicted molar refractivity (Wildman–Crippen MR) is 131 cm³/mol. The van der Waals surface area contributed by atoms with E-state index < -0.39 is 11.9 Å². The van der Waals surface area contributed by atoms with Crippen molar-refractivity contribution in [3.05, 3.63) is 60.2 Å². The molecule has 2 saturated carbocycles. The molecule has 0 radical (unpaired) electrons. The first-order valence-electron chi connectivity index (χ1n) is 11.0. The maximum absolute atomic E-state index is 13.6. The van der Waals surface area contributed by atoms with Crippen LogP contribution < -0.4 is 10.1 Å². The molecule has 6 nitrogen and oxygen atoms in total. The molecule has 2 aliphatic carbocycles. The number of nitrogens with one attached hydrogen (secondary N) is 1. The summed E-state index contributed by atoms with van der Waals surface area (Å²) in [4.78, 5) is 42.3. The van der Waals surface area contributed by atoms with Gasteiger partial charge in [0.25, 0.3) is 0 Å². The average Bonchev–Trinajstić information content (AvgIpc) is 3.43. The van der Waals surface area contributed by atoms with Gasteiger partial charge in [0.05, 0.1) is 24.6 Å². The number of fused-ring (bicyclic) bond motifs is 5. The van der Waals surface area contributed by atoms with E-state index >= 15 is 0 Å². The highest BCUT2D eigenvalue weighted by Gasteiger charge is 2.67. The molecule has 1 aliphatic heterocycles. The third-order valence-corrected chi connectivity index (χ3v) is 10.5. The molecule has 1 saturated heterocycles. The number of methoxy groups -OCH3 is 1. The van der Waals surface area contributed by atoms with Gasteiger partial charge in [-0.15, -0.1) is 0 Å². The fraction of sp³-hybridized carbons (Fsp3) is 0.400. The van der Waals surface area contributed by atoms with E-state index in [1.54, 1.807) is 18.2 Å². The molecule has 2 aromatic carbocycles. The summed E-state index contributed by atoms with van der Waals surface area (Å²) < 4.78 is 5.36. The standard InChI is InChI=1S/C25H24Br2N2O4/c1-33-18-10-6-5-9-16(18)28-23(30)17(11-13-7-3-2-4-8-13)29-24(31)19-14-12-15(20(19)25(29)32)22(27)21(14)26/h2-10,14-15,17,19-22H,11-12H2,1H3,(H,28,30)/t14-,15-,17+,19-,20-,21+,22+/m1/s1. The molecule has 2 aromatic rings. The SMILES string of the molecule is COc1ccccc1NC(=O)[C@H](Cc1ccccc1)N1C(=O)[C@@H]2[C@H]3C[C@@H]([C@H](Br)[C@H]3Br)[C@H]2C1=O. The van der Waals surface area contributed by atoms with Crippen LogP contribution in [-0.2, 0) is 20.8 Å². The lowest BCUT2D eigenvalue weighted by atomic mass is 9.81. The molecule has 1 N–H and O–H groups in total. The molecule has 1 heterocycles. The Balaban J connectivity index is 1.48. The van der Waals surface area contributed by atoms with Crippen LogP contribution in [0.25, 0.3) is 0 Å². The largest absolute Gasteiger partial charge is 0.495 e. The third-order valence-electron chi connectivity index (χ3n) is 7.27. The first-order chi connectivity index (χ1) is 15.9. The number of ether oxygens (including phenoxy) is 1. The van der Waals surface area contributed by atoms with Crippen LogP contribution in [-0.4, -0.2) is 45.4 Å². The lowest BCUT2D eigenvalue weighted by Gasteiger charge is -2.28. The second-order valence-electron chi connectivity index (χ2n) is 8.95. The molecular formula is C25H24Br2N2O4. The van der Waals surface area contributed by atoms with E-state index in [4.69, 9.17) is 4.74 Å². The zero-order chi connectivity index (χ0) is 23.3. The molecule has 0 spiro atoms. The third kappa shape index (κ3) is 3.71. The first kappa shape index (κ1) is 22.6. The highest BCUT2D eigenvalue weighted by atomic mass is 79.9. The van der Waals surface area contributed by atoms with E-state index in [0.717, 1.165) is 12.0 Å². The van der Waals surface area contributed by atoms with Crippen LogP contribution in [0.3, 0.4) is 0 Å². The number of carbonyl (C=O) groups is 3. The highest BCUT2D eigenvalue weighted by molar-refractivity contribution is 9.12. The van der Waals surface area contributed by atoms with E-state index in [0.29, 0.717) is 11.4 Å². The van der Waals surface area contributed by atoms with E-state index in [2.05, 4.69) is 37.2 Å². The van der Waals surface area contributed by atoms with Gasteiger partial charge < -0.3 is 10.1 Å². The molecule has 33 heavy (non-hydrogen) atoms. The summed E-state index contributed by atoms with van der Waals surface area (Å²) in [6.07, 6.45) is 1.10. The van der Waals surface area contributed by atoms with Crippen LogP contribution in [0.4, 0.5) is 5.69 Å². The Morgan fingerprint density at radius 2 is 1.58 bits per heavy atom. The lowest BCUT2D eigenvalue weighted by molar-refractivity contribution is -0.147. The molecule has 5 rings (SSSR count). The molecule has 7 atom stereocenters. The number of rotatable bonds is 6. The zero-order valence-corrected chi connectivity index (χ0v) is 21.2. The normalized spacial score (nSPS) is 30.9. The van der Waals surface area contributed by atoms with E-state index in [-0.39, 0.29) is 51.6 Å².